The van der Waals surface area contributed by atoms with Crippen LogP contribution >= 0.6 is 0 Å². The van der Waals surface area contributed by atoms with E-state index in [4.69, 9.17) is 0 Å². The molecule has 1 atom stereocenters. The summed E-state index contributed by atoms with van der Waals surface area (Å²) in [4.78, 5) is 16.4. The Morgan fingerprint density at radius 3 is 2.65 bits per heavy atom. The van der Waals surface area contributed by atoms with Crippen LogP contribution in [-0.2, 0) is 13.1 Å². The Kier molecular flexibility index (Phi) is 4.61. The number of urea groups is 1. The van der Waals surface area contributed by atoms with Gasteiger partial charge in [0.15, 0.2) is 0 Å². The summed E-state index contributed by atoms with van der Waals surface area (Å²) in [5, 5.41) is 5.95. The lowest BCUT2D eigenvalue weighted by Crippen LogP contribution is -2.41. The van der Waals surface area contributed by atoms with Crippen LogP contribution < -0.4 is 10.6 Å². The fraction of sp³-hybridized carbons (Fsp3) is 0.333. The Bertz CT molecular complexity index is 896. The van der Waals surface area contributed by atoms with Crippen molar-refractivity contribution in [2.24, 2.45) is 5.92 Å². The van der Waals surface area contributed by atoms with Gasteiger partial charge in [0.05, 0.1) is 17.4 Å². The molecular weight excluding hydrogens is 324 g/mol. The van der Waals surface area contributed by atoms with Crippen LogP contribution in [0, 0.1) is 5.92 Å². The number of rotatable bonds is 6. The molecule has 1 heterocycles. The molecule has 0 spiro atoms. The molecular formula is C21H24N4O. The van der Waals surface area contributed by atoms with Crippen LogP contribution in [0.4, 0.5) is 4.79 Å². The number of imidazole rings is 1. The van der Waals surface area contributed by atoms with E-state index in [0.717, 1.165) is 23.1 Å². The number of carbonyl (C=O) groups is 1. The molecule has 1 aliphatic rings. The van der Waals surface area contributed by atoms with Gasteiger partial charge in [-0.15, -0.1) is 0 Å². The number of para-hydroxylation sites is 2. The molecule has 2 amide bonds. The number of benzene rings is 2. The van der Waals surface area contributed by atoms with Crippen molar-refractivity contribution in [3.8, 4) is 0 Å². The van der Waals surface area contributed by atoms with Crippen LogP contribution in [0.25, 0.3) is 11.0 Å². The van der Waals surface area contributed by atoms with E-state index in [1.54, 1.807) is 0 Å². The van der Waals surface area contributed by atoms with Gasteiger partial charge in [-0.1, -0.05) is 36.4 Å². The van der Waals surface area contributed by atoms with E-state index in [1.807, 2.05) is 24.5 Å². The van der Waals surface area contributed by atoms with Crippen LogP contribution in [0.2, 0.25) is 0 Å². The number of amides is 2. The SMILES string of the molecule is CC(NC(=O)NCc1ccc(Cn2cnc3ccccc32)cc1)C1CC1. The van der Waals surface area contributed by atoms with Gasteiger partial charge in [-0.2, -0.15) is 0 Å². The van der Waals surface area contributed by atoms with Crippen molar-refractivity contribution < 1.29 is 4.79 Å². The van der Waals surface area contributed by atoms with Gasteiger partial charge >= 0.3 is 6.03 Å². The molecule has 5 nitrogen and oxygen atoms in total. The highest BCUT2D eigenvalue weighted by molar-refractivity contribution is 5.75. The Balaban J connectivity index is 1.32. The summed E-state index contributed by atoms with van der Waals surface area (Å²) in [5.74, 6) is 0.666. The zero-order valence-corrected chi connectivity index (χ0v) is 15.0. The van der Waals surface area contributed by atoms with Gasteiger partial charge in [0.2, 0.25) is 0 Å². The molecule has 2 aromatic carbocycles. The minimum absolute atomic E-state index is 0.0849. The van der Waals surface area contributed by atoms with Gasteiger partial charge in [0.1, 0.15) is 0 Å². The minimum atomic E-state index is -0.0849. The van der Waals surface area contributed by atoms with Crippen molar-refractivity contribution in [1.82, 2.24) is 20.2 Å². The maximum Gasteiger partial charge on any atom is 0.315 e. The molecule has 1 unspecified atom stereocenters. The highest BCUT2D eigenvalue weighted by atomic mass is 16.2. The van der Waals surface area contributed by atoms with E-state index in [-0.39, 0.29) is 12.1 Å². The van der Waals surface area contributed by atoms with Crippen LogP contribution in [0.3, 0.4) is 0 Å². The smallest absolute Gasteiger partial charge is 0.315 e. The predicted octanol–water partition coefficient (Wildman–Crippen LogP) is 3.68. The van der Waals surface area contributed by atoms with E-state index >= 15 is 0 Å². The molecule has 26 heavy (non-hydrogen) atoms. The summed E-state index contributed by atoms with van der Waals surface area (Å²) < 4.78 is 2.15. The number of hydrogen-bond donors (Lipinski definition) is 2. The number of nitrogens with zero attached hydrogens (tertiary/aromatic N) is 2. The molecule has 1 aromatic heterocycles. The number of hydrogen-bond acceptors (Lipinski definition) is 2. The molecule has 0 aliphatic heterocycles. The normalized spacial score (nSPS) is 15.0. The predicted molar refractivity (Wildman–Crippen MR) is 103 cm³/mol. The molecule has 1 fully saturated rings. The quantitative estimate of drug-likeness (QED) is 0.714. The van der Waals surface area contributed by atoms with Crippen molar-refractivity contribution >= 4 is 17.1 Å². The van der Waals surface area contributed by atoms with Crippen molar-refractivity contribution in [1.29, 1.82) is 0 Å². The summed E-state index contributed by atoms with van der Waals surface area (Å²) in [7, 11) is 0. The standard InChI is InChI=1S/C21H24N4O/c1-15(18-10-11-18)24-21(26)22-12-16-6-8-17(9-7-16)13-25-14-23-19-4-2-3-5-20(19)25/h2-9,14-15,18H,10-13H2,1H3,(H2,22,24,26). The second kappa shape index (κ2) is 7.20. The van der Waals surface area contributed by atoms with Crippen LogP contribution in [0.15, 0.2) is 54.9 Å². The Hall–Kier alpha value is -2.82. The highest BCUT2D eigenvalue weighted by Crippen LogP contribution is 2.32. The maximum atomic E-state index is 11.9. The highest BCUT2D eigenvalue weighted by Gasteiger charge is 2.28. The Labute approximate surface area is 153 Å². The van der Waals surface area contributed by atoms with Crippen LogP contribution in [0.1, 0.15) is 30.9 Å². The zero-order valence-electron chi connectivity index (χ0n) is 15.0. The fourth-order valence-corrected chi connectivity index (χ4v) is 3.25. The monoisotopic (exact) mass is 348 g/mol. The molecule has 2 N–H and O–H groups in total. The maximum absolute atomic E-state index is 11.9. The number of aromatic nitrogens is 2. The van der Waals surface area contributed by atoms with Gasteiger partial charge < -0.3 is 15.2 Å². The molecule has 1 aliphatic carbocycles. The van der Waals surface area contributed by atoms with Crippen LogP contribution in [-0.4, -0.2) is 21.6 Å². The Morgan fingerprint density at radius 2 is 1.88 bits per heavy atom. The van der Waals surface area contributed by atoms with E-state index in [2.05, 4.69) is 57.4 Å². The fourth-order valence-electron chi connectivity index (χ4n) is 3.25. The van der Waals surface area contributed by atoms with E-state index in [9.17, 15) is 4.79 Å². The number of carbonyl (C=O) groups excluding carboxylic acids is 1. The van der Waals surface area contributed by atoms with Gasteiger partial charge in [-0.3, -0.25) is 0 Å². The van der Waals surface area contributed by atoms with E-state index in [0.29, 0.717) is 12.5 Å². The van der Waals surface area contributed by atoms with Gasteiger partial charge in [0, 0.05) is 19.1 Å². The number of fused-ring (bicyclic) bond motifs is 1. The van der Waals surface area contributed by atoms with E-state index < -0.39 is 0 Å². The third-order valence-electron chi connectivity index (χ3n) is 5.04. The summed E-state index contributed by atoms with van der Waals surface area (Å²) in [6.07, 6.45) is 4.34. The summed E-state index contributed by atoms with van der Waals surface area (Å²) in [6.45, 7) is 3.40. The molecule has 0 radical (unpaired) electrons. The van der Waals surface area contributed by atoms with Crippen molar-refractivity contribution in [2.75, 3.05) is 0 Å². The molecule has 0 bridgehead atoms. The zero-order chi connectivity index (χ0) is 17.9. The topological polar surface area (TPSA) is 59.0 Å². The first kappa shape index (κ1) is 16.6. The average molecular weight is 348 g/mol. The van der Waals surface area contributed by atoms with Crippen molar-refractivity contribution in [3.05, 3.63) is 66.0 Å². The average Bonchev–Trinajstić information content (AvgIpc) is 3.44. The second-order valence-corrected chi connectivity index (χ2v) is 7.13. The third kappa shape index (κ3) is 3.87. The van der Waals surface area contributed by atoms with Gasteiger partial charge in [-0.05, 0) is 48.9 Å². The minimum Gasteiger partial charge on any atom is -0.335 e. The lowest BCUT2D eigenvalue weighted by molar-refractivity contribution is 0.236. The van der Waals surface area contributed by atoms with Crippen molar-refractivity contribution in [3.63, 3.8) is 0 Å². The van der Waals surface area contributed by atoms with Gasteiger partial charge in [-0.25, -0.2) is 9.78 Å². The molecule has 1 saturated carbocycles. The first-order valence-electron chi connectivity index (χ1n) is 9.21. The second-order valence-electron chi connectivity index (χ2n) is 7.13. The van der Waals surface area contributed by atoms with E-state index in [1.165, 1.54) is 18.4 Å². The molecule has 134 valence electrons. The van der Waals surface area contributed by atoms with Crippen LogP contribution in [0.5, 0.6) is 0 Å². The largest absolute Gasteiger partial charge is 0.335 e. The molecule has 5 heteroatoms. The molecule has 3 aromatic rings. The lowest BCUT2D eigenvalue weighted by atomic mass is 10.1. The summed E-state index contributed by atoms with van der Waals surface area (Å²) in [6, 6.07) is 16.7. The van der Waals surface area contributed by atoms with Gasteiger partial charge in [0.25, 0.3) is 0 Å². The Morgan fingerprint density at radius 1 is 1.15 bits per heavy atom. The van der Waals surface area contributed by atoms with Crippen molar-refractivity contribution in [2.45, 2.75) is 38.9 Å². The first-order chi connectivity index (χ1) is 12.7. The molecule has 4 rings (SSSR count). The third-order valence-corrected chi connectivity index (χ3v) is 5.04. The number of nitrogens with one attached hydrogen (secondary N) is 2. The first-order valence-corrected chi connectivity index (χ1v) is 9.21. The molecule has 0 saturated heterocycles. The summed E-state index contributed by atoms with van der Waals surface area (Å²) in [5.41, 5.74) is 4.46. The summed E-state index contributed by atoms with van der Waals surface area (Å²) >= 11 is 0. The lowest BCUT2D eigenvalue weighted by Gasteiger charge is -2.14.